The third-order valence-corrected chi connectivity index (χ3v) is 3.03. The molecule has 0 bridgehead atoms. The molecule has 1 aliphatic carbocycles. The van der Waals surface area contributed by atoms with Gasteiger partial charge in [-0.25, -0.2) is 4.98 Å². The molecule has 3 N–H and O–H groups in total. The lowest BCUT2D eigenvalue weighted by molar-refractivity contribution is 0.0931. The molecule has 1 aromatic heterocycles. The number of nitrogens with two attached hydrogens (primary N) is 1. The normalized spacial score (nSPS) is 22.7. The fourth-order valence-electron chi connectivity index (χ4n) is 2.01. The van der Waals surface area contributed by atoms with Gasteiger partial charge in [0.25, 0.3) is 5.91 Å². The van der Waals surface area contributed by atoms with E-state index in [2.05, 4.69) is 10.3 Å². The van der Waals surface area contributed by atoms with Gasteiger partial charge in [-0.05, 0) is 30.9 Å². The number of hydrogen-bond donors (Lipinski definition) is 2. The van der Waals surface area contributed by atoms with Gasteiger partial charge in [-0.1, -0.05) is 0 Å². The van der Waals surface area contributed by atoms with Gasteiger partial charge in [-0.3, -0.25) is 4.79 Å². The van der Waals surface area contributed by atoms with Crippen LogP contribution in [0.2, 0.25) is 0 Å². The van der Waals surface area contributed by atoms with Crippen LogP contribution in [0.25, 0.3) is 0 Å². The van der Waals surface area contributed by atoms with E-state index in [1.54, 1.807) is 18.3 Å². The number of nitrogens with zero attached hydrogens (tertiary/aromatic N) is 1. The smallest absolute Gasteiger partial charge is 0.256 e. The van der Waals surface area contributed by atoms with Crippen LogP contribution in [0, 0.1) is 5.92 Å². The first-order valence-corrected chi connectivity index (χ1v) is 5.73. The van der Waals surface area contributed by atoms with Crippen molar-refractivity contribution in [3.63, 3.8) is 0 Å². The molecule has 17 heavy (non-hydrogen) atoms. The minimum Gasteiger partial charge on any atom is -0.480 e. The zero-order chi connectivity index (χ0) is 12.3. The minimum absolute atomic E-state index is 0.143. The Labute approximate surface area is 100 Å². The van der Waals surface area contributed by atoms with Crippen LogP contribution < -0.4 is 15.8 Å². The topological polar surface area (TPSA) is 77.2 Å². The van der Waals surface area contributed by atoms with Crippen LogP contribution in [0.1, 0.15) is 23.2 Å². The number of carbonyl (C=O) groups excluding carboxylic acids is 1. The van der Waals surface area contributed by atoms with Crippen molar-refractivity contribution >= 4 is 5.91 Å². The summed E-state index contributed by atoms with van der Waals surface area (Å²) in [6.07, 6.45) is 3.58. The number of pyridine rings is 1. The Morgan fingerprint density at radius 1 is 1.65 bits per heavy atom. The van der Waals surface area contributed by atoms with Crippen molar-refractivity contribution in [1.29, 1.82) is 0 Å². The lowest BCUT2D eigenvalue weighted by atomic mass is 9.81. The summed E-state index contributed by atoms with van der Waals surface area (Å²) in [5.74, 6) is 0.724. The molecule has 0 atom stereocenters. The molecule has 1 amide bonds. The molecule has 5 nitrogen and oxygen atoms in total. The summed E-state index contributed by atoms with van der Waals surface area (Å²) in [4.78, 5) is 15.9. The zero-order valence-electron chi connectivity index (χ0n) is 9.85. The molecule has 1 aliphatic rings. The van der Waals surface area contributed by atoms with E-state index >= 15 is 0 Å². The minimum atomic E-state index is -0.143. The molecular formula is C12H17N3O2. The maximum absolute atomic E-state index is 11.9. The van der Waals surface area contributed by atoms with Gasteiger partial charge in [-0.2, -0.15) is 0 Å². The van der Waals surface area contributed by atoms with Crippen molar-refractivity contribution < 1.29 is 9.53 Å². The Kier molecular flexibility index (Phi) is 3.58. The Hall–Kier alpha value is -1.62. The van der Waals surface area contributed by atoms with Gasteiger partial charge in [-0.15, -0.1) is 0 Å². The van der Waals surface area contributed by atoms with E-state index in [1.165, 1.54) is 7.11 Å². The highest BCUT2D eigenvalue weighted by atomic mass is 16.5. The first-order valence-electron chi connectivity index (χ1n) is 5.73. The number of hydrogen-bond acceptors (Lipinski definition) is 4. The fraction of sp³-hybridized carbons (Fsp3) is 0.500. The van der Waals surface area contributed by atoms with Gasteiger partial charge in [0.05, 0.1) is 7.11 Å². The highest BCUT2D eigenvalue weighted by Crippen LogP contribution is 2.24. The predicted octanol–water partition coefficient (Wildman–Crippen LogP) is 0.557. The maximum atomic E-state index is 11.9. The van der Waals surface area contributed by atoms with Crippen LogP contribution >= 0.6 is 0 Å². The molecular weight excluding hydrogens is 218 g/mol. The number of nitrogens with one attached hydrogen (secondary N) is 1. The van der Waals surface area contributed by atoms with Crippen LogP contribution in [0.5, 0.6) is 5.88 Å². The average Bonchev–Trinajstić information content (AvgIpc) is 2.32. The Morgan fingerprint density at radius 3 is 3.06 bits per heavy atom. The van der Waals surface area contributed by atoms with Crippen molar-refractivity contribution in [2.75, 3.05) is 13.7 Å². The summed E-state index contributed by atoms with van der Waals surface area (Å²) < 4.78 is 5.04. The van der Waals surface area contributed by atoms with Crippen LogP contribution in [0.3, 0.4) is 0 Å². The van der Waals surface area contributed by atoms with Crippen LogP contribution in [0.15, 0.2) is 18.3 Å². The van der Waals surface area contributed by atoms with Gasteiger partial charge in [0.1, 0.15) is 5.56 Å². The van der Waals surface area contributed by atoms with Crippen molar-refractivity contribution in [1.82, 2.24) is 10.3 Å². The number of amides is 1. The summed E-state index contributed by atoms with van der Waals surface area (Å²) in [5, 5.41) is 2.88. The molecule has 0 radical (unpaired) electrons. The molecule has 0 aromatic carbocycles. The predicted molar refractivity (Wildman–Crippen MR) is 63.8 cm³/mol. The highest BCUT2D eigenvalue weighted by Gasteiger charge is 2.26. The van der Waals surface area contributed by atoms with E-state index in [4.69, 9.17) is 10.5 Å². The van der Waals surface area contributed by atoms with Crippen molar-refractivity contribution in [3.05, 3.63) is 23.9 Å². The van der Waals surface area contributed by atoms with E-state index < -0.39 is 0 Å². The number of aromatic nitrogens is 1. The third-order valence-electron chi connectivity index (χ3n) is 3.03. The number of rotatable bonds is 4. The summed E-state index contributed by atoms with van der Waals surface area (Å²) in [6, 6.07) is 3.73. The second-order valence-electron chi connectivity index (χ2n) is 4.37. The van der Waals surface area contributed by atoms with E-state index in [-0.39, 0.29) is 5.91 Å². The SMILES string of the molecule is COc1ncccc1C(=O)NCC1CC(N)C1. The molecule has 92 valence electrons. The summed E-state index contributed by atoms with van der Waals surface area (Å²) in [5.41, 5.74) is 6.16. The van der Waals surface area contributed by atoms with E-state index in [0.717, 1.165) is 12.8 Å². The first-order chi connectivity index (χ1) is 8.20. The number of ether oxygens (including phenoxy) is 1. The molecule has 0 unspecified atom stereocenters. The quantitative estimate of drug-likeness (QED) is 0.799. The Morgan fingerprint density at radius 2 is 2.41 bits per heavy atom. The Bertz CT molecular complexity index is 402. The molecule has 1 heterocycles. The second-order valence-corrected chi connectivity index (χ2v) is 4.37. The summed E-state index contributed by atoms with van der Waals surface area (Å²) in [7, 11) is 1.50. The van der Waals surface area contributed by atoms with Crippen molar-refractivity contribution in [2.24, 2.45) is 11.7 Å². The van der Waals surface area contributed by atoms with Crippen molar-refractivity contribution in [2.45, 2.75) is 18.9 Å². The largest absolute Gasteiger partial charge is 0.480 e. The zero-order valence-corrected chi connectivity index (χ0v) is 9.85. The van der Waals surface area contributed by atoms with Crippen LogP contribution in [0.4, 0.5) is 0 Å². The van der Waals surface area contributed by atoms with Crippen LogP contribution in [-0.4, -0.2) is 30.6 Å². The molecule has 0 aliphatic heterocycles. The monoisotopic (exact) mass is 235 g/mol. The highest BCUT2D eigenvalue weighted by molar-refractivity contribution is 5.96. The second kappa shape index (κ2) is 5.14. The molecule has 5 heteroatoms. The Balaban J connectivity index is 1.90. The summed E-state index contributed by atoms with van der Waals surface area (Å²) in [6.45, 7) is 0.671. The summed E-state index contributed by atoms with van der Waals surface area (Å²) >= 11 is 0. The fourth-order valence-corrected chi connectivity index (χ4v) is 2.01. The van der Waals surface area contributed by atoms with Gasteiger partial charge in [0.15, 0.2) is 0 Å². The van der Waals surface area contributed by atoms with Gasteiger partial charge >= 0.3 is 0 Å². The molecule has 0 saturated heterocycles. The van der Waals surface area contributed by atoms with Gasteiger partial charge in [0.2, 0.25) is 5.88 Å². The third kappa shape index (κ3) is 2.74. The first kappa shape index (κ1) is 11.9. The maximum Gasteiger partial charge on any atom is 0.256 e. The van der Waals surface area contributed by atoms with E-state index in [1.807, 2.05) is 0 Å². The standard InChI is InChI=1S/C12H17N3O2/c1-17-12-10(3-2-4-14-12)11(16)15-7-8-5-9(13)6-8/h2-4,8-9H,5-7,13H2,1H3,(H,15,16). The molecule has 1 saturated carbocycles. The van der Waals surface area contributed by atoms with Gasteiger partial charge < -0.3 is 15.8 Å². The van der Waals surface area contributed by atoms with Gasteiger partial charge in [0, 0.05) is 18.8 Å². The van der Waals surface area contributed by atoms with E-state index in [9.17, 15) is 4.79 Å². The van der Waals surface area contributed by atoms with Crippen molar-refractivity contribution in [3.8, 4) is 5.88 Å². The molecule has 2 rings (SSSR count). The number of methoxy groups -OCH3 is 1. The lowest BCUT2D eigenvalue weighted by Crippen LogP contribution is -2.42. The lowest BCUT2D eigenvalue weighted by Gasteiger charge is -2.32. The van der Waals surface area contributed by atoms with E-state index in [0.29, 0.717) is 29.9 Å². The van der Waals surface area contributed by atoms with Crippen LogP contribution in [-0.2, 0) is 0 Å². The average molecular weight is 235 g/mol. The molecule has 1 aromatic rings. The number of carbonyl (C=O) groups is 1. The molecule has 1 fully saturated rings. The molecule has 0 spiro atoms.